The number of benzene rings is 3. The summed E-state index contributed by atoms with van der Waals surface area (Å²) in [6.07, 6.45) is 1.41. The van der Waals surface area contributed by atoms with E-state index < -0.39 is 16.9 Å². The molecule has 0 aliphatic carbocycles. The highest BCUT2D eigenvalue weighted by molar-refractivity contribution is 6.02. The van der Waals surface area contributed by atoms with E-state index in [9.17, 15) is 20.2 Å². The number of nitro benzene ring substituents is 1. The lowest BCUT2D eigenvalue weighted by Gasteiger charge is -2.19. The minimum atomic E-state index is -0.524. The fourth-order valence-electron chi connectivity index (χ4n) is 2.87. The number of non-ortho nitro benzene ring substituents is 1. The molecule has 0 unspecified atom stereocenters. The van der Waals surface area contributed by atoms with Gasteiger partial charge in [0.15, 0.2) is 0 Å². The fourth-order valence-corrected chi connectivity index (χ4v) is 2.87. The molecule has 142 valence electrons. The SMILES string of the molecule is N#CC(=Cc1ccc([N+](=O)[O-])cc1)C(=O)NC(c1ccccc1)c1ccccc1. The first-order chi connectivity index (χ1) is 14.1. The molecule has 29 heavy (non-hydrogen) atoms. The maximum absolute atomic E-state index is 12.8. The van der Waals surface area contributed by atoms with Gasteiger partial charge in [-0.2, -0.15) is 5.26 Å². The summed E-state index contributed by atoms with van der Waals surface area (Å²) >= 11 is 0. The molecule has 1 N–H and O–H groups in total. The zero-order valence-corrected chi connectivity index (χ0v) is 15.4. The minimum absolute atomic E-state index is 0.0571. The molecule has 0 aliphatic rings. The van der Waals surface area contributed by atoms with Gasteiger partial charge in [0.25, 0.3) is 11.6 Å². The third kappa shape index (κ3) is 4.93. The van der Waals surface area contributed by atoms with E-state index in [2.05, 4.69) is 5.32 Å². The molecule has 0 spiro atoms. The van der Waals surface area contributed by atoms with E-state index in [1.807, 2.05) is 66.7 Å². The van der Waals surface area contributed by atoms with E-state index in [0.29, 0.717) is 5.56 Å². The Kier molecular flexibility index (Phi) is 6.13. The molecule has 6 nitrogen and oxygen atoms in total. The van der Waals surface area contributed by atoms with Crippen LogP contribution in [-0.4, -0.2) is 10.8 Å². The second-order valence-corrected chi connectivity index (χ2v) is 6.25. The van der Waals surface area contributed by atoms with Gasteiger partial charge >= 0.3 is 0 Å². The lowest BCUT2D eigenvalue weighted by Crippen LogP contribution is -2.30. The normalized spacial score (nSPS) is 11.0. The van der Waals surface area contributed by atoms with Crippen LogP contribution in [0.15, 0.2) is 90.5 Å². The average molecular weight is 383 g/mol. The highest BCUT2D eigenvalue weighted by atomic mass is 16.6. The first-order valence-corrected chi connectivity index (χ1v) is 8.85. The topological polar surface area (TPSA) is 96.0 Å². The number of amides is 1. The molecule has 0 bridgehead atoms. The van der Waals surface area contributed by atoms with Gasteiger partial charge < -0.3 is 5.32 Å². The van der Waals surface area contributed by atoms with Crippen molar-refractivity contribution in [2.75, 3.05) is 0 Å². The van der Waals surface area contributed by atoms with Crippen LogP contribution in [0.3, 0.4) is 0 Å². The molecule has 0 aromatic heterocycles. The van der Waals surface area contributed by atoms with E-state index in [4.69, 9.17) is 0 Å². The van der Waals surface area contributed by atoms with Crippen LogP contribution in [-0.2, 0) is 4.79 Å². The van der Waals surface area contributed by atoms with Crippen LogP contribution >= 0.6 is 0 Å². The lowest BCUT2D eigenvalue weighted by molar-refractivity contribution is -0.384. The van der Waals surface area contributed by atoms with Gasteiger partial charge in [-0.3, -0.25) is 14.9 Å². The molecule has 0 aliphatic heterocycles. The standard InChI is InChI=1S/C23H17N3O3/c24-16-20(15-17-11-13-21(14-12-17)26(28)29)23(27)25-22(18-7-3-1-4-8-18)19-9-5-2-6-10-19/h1-15,22H,(H,25,27). The Morgan fingerprint density at radius 2 is 1.45 bits per heavy atom. The van der Waals surface area contributed by atoms with Crippen molar-refractivity contribution >= 4 is 17.7 Å². The number of nitro groups is 1. The van der Waals surface area contributed by atoms with Gasteiger partial charge in [-0.1, -0.05) is 60.7 Å². The number of carbonyl (C=O) groups is 1. The highest BCUT2D eigenvalue weighted by Gasteiger charge is 2.19. The van der Waals surface area contributed by atoms with Gasteiger partial charge in [0.1, 0.15) is 11.6 Å². The first kappa shape index (κ1) is 19.5. The maximum atomic E-state index is 12.8. The van der Waals surface area contributed by atoms with Crippen molar-refractivity contribution in [3.8, 4) is 6.07 Å². The Morgan fingerprint density at radius 1 is 0.931 bits per heavy atom. The van der Waals surface area contributed by atoms with Gasteiger partial charge in [0, 0.05) is 12.1 Å². The van der Waals surface area contributed by atoms with Crippen molar-refractivity contribution in [1.29, 1.82) is 5.26 Å². The molecule has 6 heteroatoms. The van der Waals surface area contributed by atoms with Crippen molar-refractivity contribution in [2.45, 2.75) is 6.04 Å². The predicted molar refractivity (Wildman–Crippen MR) is 110 cm³/mol. The Morgan fingerprint density at radius 3 is 1.90 bits per heavy atom. The molecular formula is C23H17N3O3. The Labute approximate surface area is 167 Å². The van der Waals surface area contributed by atoms with Gasteiger partial charge in [-0.15, -0.1) is 0 Å². The number of nitrogens with one attached hydrogen (secondary N) is 1. The van der Waals surface area contributed by atoms with Crippen LogP contribution in [0.1, 0.15) is 22.7 Å². The van der Waals surface area contributed by atoms with Crippen molar-refractivity contribution in [3.63, 3.8) is 0 Å². The molecule has 0 atom stereocenters. The molecule has 3 rings (SSSR count). The number of hydrogen-bond acceptors (Lipinski definition) is 4. The molecule has 3 aromatic carbocycles. The van der Waals surface area contributed by atoms with Gasteiger partial charge in [-0.05, 0) is 34.9 Å². The molecule has 0 saturated carbocycles. The molecule has 0 saturated heterocycles. The quantitative estimate of drug-likeness (QED) is 0.295. The average Bonchev–Trinajstić information content (AvgIpc) is 2.77. The number of carbonyl (C=O) groups excluding carboxylic acids is 1. The van der Waals surface area contributed by atoms with E-state index in [1.165, 1.54) is 30.3 Å². The summed E-state index contributed by atoms with van der Waals surface area (Å²) in [6.45, 7) is 0. The smallest absolute Gasteiger partial charge is 0.269 e. The van der Waals surface area contributed by atoms with Crippen molar-refractivity contribution in [1.82, 2.24) is 5.32 Å². The van der Waals surface area contributed by atoms with Crippen LogP contribution in [0.4, 0.5) is 5.69 Å². The van der Waals surface area contributed by atoms with Gasteiger partial charge in [0.05, 0.1) is 11.0 Å². The molecule has 0 radical (unpaired) electrons. The highest BCUT2D eigenvalue weighted by Crippen LogP contribution is 2.22. The number of hydrogen-bond donors (Lipinski definition) is 1. The molecule has 0 heterocycles. The molecule has 3 aromatic rings. The Bertz CT molecular complexity index is 1030. The van der Waals surface area contributed by atoms with Crippen molar-refractivity contribution in [2.24, 2.45) is 0 Å². The molecule has 0 fully saturated rings. The first-order valence-electron chi connectivity index (χ1n) is 8.85. The Balaban J connectivity index is 1.88. The molecular weight excluding hydrogens is 366 g/mol. The summed E-state index contributed by atoms with van der Waals surface area (Å²) in [6, 6.07) is 26.1. The van der Waals surface area contributed by atoms with E-state index in [1.54, 1.807) is 0 Å². The van der Waals surface area contributed by atoms with Gasteiger partial charge in [0.2, 0.25) is 0 Å². The number of nitrogens with zero attached hydrogens (tertiary/aromatic N) is 2. The zero-order chi connectivity index (χ0) is 20.6. The summed E-state index contributed by atoms with van der Waals surface area (Å²) in [5, 5.41) is 23.1. The van der Waals surface area contributed by atoms with Crippen LogP contribution in [0, 0.1) is 21.4 Å². The summed E-state index contributed by atoms with van der Waals surface area (Å²) in [7, 11) is 0. The van der Waals surface area contributed by atoms with Crippen LogP contribution < -0.4 is 5.32 Å². The minimum Gasteiger partial charge on any atom is -0.340 e. The van der Waals surface area contributed by atoms with Crippen LogP contribution in [0.25, 0.3) is 6.08 Å². The largest absolute Gasteiger partial charge is 0.340 e. The van der Waals surface area contributed by atoms with Crippen LogP contribution in [0.2, 0.25) is 0 Å². The van der Waals surface area contributed by atoms with Crippen molar-refractivity contribution < 1.29 is 9.72 Å². The maximum Gasteiger partial charge on any atom is 0.269 e. The third-order valence-electron chi connectivity index (χ3n) is 4.32. The third-order valence-corrected chi connectivity index (χ3v) is 4.32. The Hall–Kier alpha value is -4.24. The second kappa shape index (κ2) is 9.11. The van der Waals surface area contributed by atoms with E-state index in [0.717, 1.165) is 11.1 Å². The number of nitriles is 1. The fraction of sp³-hybridized carbons (Fsp3) is 0.0435. The van der Waals surface area contributed by atoms with Gasteiger partial charge in [-0.25, -0.2) is 0 Å². The van der Waals surface area contributed by atoms with E-state index >= 15 is 0 Å². The predicted octanol–water partition coefficient (Wildman–Crippen LogP) is 4.41. The summed E-state index contributed by atoms with van der Waals surface area (Å²) in [5.41, 5.74) is 2.16. The second-order valence-electron chi connectivity index (χ2n) is 6.25. The summed E-state index contributed by atoms with van der Waals surface area (Å²) < 4.78 is 0. The van der Waals surface area contributed by atoms with Crippen LogP contribution in [0.5, 0.6) is 0 Å². The summed E-state index contributed by atoms with van der Waals surface area (Å²) in [4.78, 5) is 23.1. The summed E-state index contributed by atoms with van der Waals surface area (Å²) in [5.74, 6) is -0.524. The molecule has 1 amide bonds. The monoisotopic (exact) mass is 383 g/mol. The zero-order valence-electron chi connectivity index (χ0n) is 15.4. The van der Waals surface area contributed by atoms with Crippen molar-refractivity contribution in [3.05, 3.63) is 117 Å². The van der Waals surface area contributed by atoms with E-state index in [-0.39, 0.29) is 11.3 Å². The lowest BCUT2D eigenvalue weighted by atomic mass is 9.98. The number of rotatable bonds is 6.